The van der Waals surface area contributed by atoms with Crippen molar-refractivity contribution in [3.63, 3.8) is 0 Å². The first-order valence-electron chi connectivity index (χ1n) is 5.26. The number of halogens is 3. The molecule has 1 heterocycles. The molecule has 1 aliphatic heterocycles. The molecule has 0 N–H and O–H groups in total. The number of alkyl halides is 3. The van der Waals surface area contributed by atoms with E-state index >= 15 is 0 Å². The summed E-state index contributed by atoms with van der Waals surface area (Å²) in [6.07, 6.45) is 0.0605. The maximum atomic E-state index is 11.7. The predicted octanol–water partition coefficient (Wildman–Crippen LogP) is 1.55. The largest absolute Gasteiger partial charge is 0.490 e. The van der Waals surface area contributed by atoms with Crippen molar-refractivity contribution in [3.8, 4) is 0 Å². The molecule has 0 aliphatic carbocycles. The lowest BCUT2D eigenvalue weighted by molar-refractivity contribution is -0.199. The van der Waals surface area contributed by atoms with Gasteiger partial charge < -0.3 is 14.5 Å². The van der Waals surface area contributed by atoms with Gasteiger partial charge in [0.1, 0.15) is 0 Å². The summed E-state index contributed by atoms with van der Waals surface area (Å²) >= 11 is 0. The maximum Gasteiger partial charge on any atom is 0.490 e. The van der Waals surface area contributed by atoms with E-state index in [-0.39, 0.29) is 6.61 Å². The number of hydrogen-bond donors (Lipinski definition) is 0. The summed E-state index contributed by atoms with van der Waals surface area (Å²) in [5.41, 5.74) is 0. The van der Waals surface area contributed by atoms with E-state index in [1.807, 2.05) is 29.2 Å². The maximum absolute atomic E-state index is 11.7. The Balaban J connectivity index is 2.02. The summed E-state index contributed by atoms with van der Waals surface area (Å²) in [6, 6.07) is 0. The number of nitrogens with zero attached hydrogens (tertiary/aromatic N) is 2. The average Bonchev–Trinajstić information content (AvgIpc) is 2.62. The fraction of sp³-hybridized carbons (Fsp3) is 0.700. The Bertz CT molecular complexity index is 292. The number of hydrogen-bond acceptors (Lipinski definition) is 4. The summed E-state index contributed by atoms with van der Waals surface area (Å²) in [4.78, 5) is 14.4. The van der Waals surface area contributed by atoms with Gasteiger partial charge in [-0.25, -0.2) is 4.79 Å². The van der Waals surface area contributed by atoms with Crippen molar-refractivity contribution in [1.82, 2.24) is 9.80 Å². The van der Waals surface area contributed by atoms with Gasteiger partial charge in [-0.2, -0.15) is 13.2 Å². The van der Waals surface area contributed by atoms with Crippen LogP contribution in [0.3, 0.4) is 0 Å². The van der Waals surface area contributed by atoms with Gasteiger partial charge in [-0.15, -0.1) is 0 Å². The minimum Gasteiger partial charge on any atom is -0.459 e. The molecule has 1 rings (SSSR count). The molecule has 0 aromatic carbocycles. The van der Waals surface area contributed by atoms with Crippen molar-refractivity contribution in [2.45, 2.75) is 19.0 Å². The van der Waals surface area contributed by atoms with E-state index in [4.69, 9.17) is 0 Å². The quantitative estimate of drug-likeness (QED) is 0.549. The first-order valence-corrected chi connectivity index (χ1v) is 5.26. The van der Waals surface area contributed by atoms with Crippen molar-refractivity contribution < 1.29 is 22.7 Å². The first kappa shape index (κ1) is 13.7. The van der Waals surface area contributed by atoms with Crippen LogP contribution < -0.4 is 0 Å². The van der Waals surface area contributed by atoms with Crippen LogP contribution in [0.4, 0.5) is 13.2 Å². The lowest BCUT2D eigenvalue weighted by atomic mass is 10.3. The number of esters is 1. The first-order chi connectivity index (χ1) is 7.89. The standard InChI is InChI=1S/C10H15F3N2O2/c1-14-5-6-15(8-14)4-2-3-7-17-9(16)10(11,12)13/h5-6H,2-4,7-8H2,1H3. The Kier molecular flexibility index (Phi) is 4.65. The summed E-state index contributed by atoms with van der Waals surface area (Å²) in [5, 5.41) is 0. The molecule has 0 spiro atoms. The molecule has 17 heavy (non-hydrogen) atoms. The minimum absolute atomic E-state index is 0.189. The van der Waals surface area contributed by atoms with Crippen LogP contribution >= 0.6 is 0 Å². The normalized spacial score (nSPS) is 15.5. The minimum atomic E-state index is -4.89. The third-order valence-corrected chi connectivity index (χ3v) is 2.24. The SMILES string of the molecule is CN1C=CN(CCCCOC(=O)C(F)(F)F)C1. The van der Waals surface area contributed by atoms with E-state index in [1.54, 1.807) is 0 Å². The Morgan fingerprint density at radius 2 is 2.06 bits per heavy atom. The van der Waals surface area contributed by atoms with Gasteiger partial charge in [0.25, 0.3) is 0 Å². The van der Waals surface area contributed by atoms with E-state index < -0.39 is 12.1 Å². The van der Waals surface area contributed by atoms with Crippen molar-refractivity contribution in [2.24, 2.45) is 0 Å². The van der Waals surface area contributed by atoms with Gasteiger partial charge in [0.15, 0.2) is 0 Å². The summed E-state index contributed by atoms with van der Waals surface area (Å²) in [7, 11) is 1.93. The van der Waals surface area contributed by atoms with Gasteiger partial charge in [-0.3, -0.25) is 0 Å². The summed E-state index contributed by atoms with van der Waals surface area (Å²) < 4.78 is 39.3. The number of carbonyl (C=O) groups is 1. The third-order valence-electron chi connectivity index (χ3n) is 2.24. The van der Waals surface area contributed by atoms with Crippen molar-refractivity contribution in [2.75, 3.05) is 26.9 Å². The van der Waals surface area contributed by atoms with Crippen LogP contribution in [0.5, 0.6) is 0 Å². The zero-order valence-electron chi connectivity index (χ0n) is 9.54. The fourth-order valence-electron chi connectivity index (χ4n) is 1.40. The molecule has 1 aliphatic rings. The van der Waals surface area contributed by atoms with Crippen LogP contribution in [0.1, 0.15) is 12.8 Å². The van der Waals surface area contributed by atoms with E-state index in [0.29, 0.717) is 12.8 Å². The Morgan fingerprint density at radius 3 is 2.59 bits per heavy atom. The van der Waals surface area contributed by atoms with Crippen molar-refractivity contribution in [1.29, 1.82) is 0 Å². The molecular weight excluding hydrogens is 237 g/mol. The topological polar surface area (TPSA) is 32.8 Å². The molecule has 0 fully saturated rings. The van der Waals surface area contributed by atoms with Crippen LogP contribution in [-0.4, -0.2) is 48.8 Å². The number of carbonyl (C=O) groups excluding carboxylic acids is 1. The lowest BCUT2D eigenvalue weighted by Crippen LogP contribution is -2.26. The average molecular weight is 252 g/mol. The second-order valence-corrected chi connectivity index (χ2v) is 3.85. The van der Waals surface area contributed by atoms with Gasteiger partial charge in [-0.1, -0.05) is 0 Å². The van der Waals surface area contributed by atoms with Crippen LogP contribution in [0.2, 0.25) is 0 Å². The molecule has 98 valence electrons. The predicted molar refractivity (Wildman–Crippen MR) is 54.7 cm³/mol. The fourth-order valence-corrected chi connectivity index (χ4v) is 1.40. The Hall–Kier alpha value is -1.40. The molecule has 0 amide bonds. The Labute approximate surface area is 97.6 Å². The van der Waals surface area contributed by atoms with E-state index in [9.17, 15) is 18.0 Å². The molecule has 0 saturated carbocycles. The molecule has 0 aromatic rings. The van der Waals surface area contributed by atoms with Crippen LogP contribution in [0, 0.1) is 0 Å². The van der Waals surface area contributed by atoms with Crippen molar-refractivity contribution in [3.05, 3.63) is 12.4 Å². The molecule has 0 unspecified atom stereocenters. The van der Waals surface area contributed by atoms with Crippen molar-refractivity contribution >= 4 is 5.97 Å². The molecule has 7 heteroatoms. The van der Waals surface area contributed by atoms with Gasteiger partial charge in [0, 0.05) is 26.0 Å². The molecule has 0 aromatic heterocycles. The van der Waals surface area contributed by atoms with Gasteiger partial charge in [0.05, 0.1) is 13.3 Å². The molecule has 0 saturated heterocycles. The molecule has 0 bridgehead atoms. The van der Waals surface area contributed by atoms with E-state index in [0.717, 1.165) is 13.2 Å². The highest BCUT2D eigenvalue weighted by atomic mass is 19.4. The van der Waals surface area contributed by atoms with Gasteiger partial charge in [-0.05, 0) is 12.8 Å². The molecule has 4 nitrogen and oxygen atoms in total. The second kappa shape index (κ2) is 5.79. The molecular formula is C10H15F3N2O2. The number of ether oxygens (including phenoxy) is 1. The smallest absolute Gasteiger partial charge is 0.459 e. The van der Waals surface area contributed by atoms with Gasteiger partial charge in [0.2, 0.25) is 0 Å². The van der Waals surface area contributed by atoms with E-state index in [2.05, 4.69) is 4.74 Å². The highest BCUT2D eigenvalue weighted by Crippen LogP contribution is 2.16. The van der Waals surface area contributed by atoms with E-state index in [1.165, 1.54) is 0 Å². The zero-order valence-corrected chi connectivity index (χ0v) is 9.54. The summed E-state index contributed by atoms with van der Waals surface area (Å²) in [6.45, 7) is 1.33. The van der Waals surface area contributed by atoms with Crippen LogP contribution in [-0.2, 0) is 9.53 Å². The summed E-state index contributed by atoms with van der Waals surface area (Å²) in [5.74, 6) is -2.11. The monoisotopic (exact) mass is 252 g/mol. The Morgan fingerprint density at radius 1 is 1.35 bits per heavy atom. The number of rotatable bonds is 5. The lowest BCUT2D eigenvalue weighted by Gasteiger charge is -2.17. The van der Waals surface area contributed by atoms with Crippen LogP contribution in [0.15, 0.2) is 12.4 Å². The van der Waals surface area contributed by atoms with Crippen LogP contribution in [0.25, 0.3) is 0 Å². The molecule has 0 radical (unpaired) electrons. The second-order valence-electron chi connectivity index (χ2n) is 3.85. The third kappa shape index (κ3) is 4.97. The highest BCUT2D eigenvalue weighted by molar-refractivity contribution is 5.75. The number of unbranched alkanes of at least 4 members (excludes halogenated alkanes) is 1. The highest BCUT2D eigenvalue weighted by Gasteiger charge is 2.40. The zero-order chi connectivity index (χ0) is 12.9. The molecule has 0 atom stereocenters. The van der Waals surface area contributed by atoms with Gasteiger partial charge >= 0.3 is 12.1 Å².